The van der Waals surface area contributed by atoms with Crippen molar-refractivity contribution in [3.8, 4) is 0 Å². The lowest BCUT2D eigenvalue weighted by Crippen LogP contribution is -2.13. The first kappa shape index (κ1) is 14.8. The Balaban J connectivity index is 2.18. The predicted molar refractivity (Wildman–Crippen MR) is 85.7 cm³/mol. The van der Waals surface area contributed by atoms with Crippen LogP contribution in [-0.2, 0) is 0 Å². The van der Waals surface area contributed by atoms with E-state index in [1.165, 1.54) is 6.20 Å². The second kappa shape index (κ2) is 6.24. The van der Waals surface area contributed by atoms with Crippen molar-refractivity contribution in [1.29, 1.82) is 0 Å². The number of carbonyl (C=O) groups is 1. The molecular formula is C14H13BrClN3O. The summed E-state index contributed by atoms with van der Waals surface area (Å²) in [5.41, 5.74) is 2.02. The molecule has 2 aromatic rings. The van der Waals surface area contributed by atoms with Crippen molar-refractivity contribution in [1.82, 2.24) is 4.98 Å². The third-order valence-electron chi connectivity index (χ3n) is 2.65. The van der Waals surface area contributed by atoms with E-state index >= 15 is 0 Å². The van der Waals surface area contributed by atoms with E-state index in [2.05, 4.69) is 26.2 Å². The van der Waals surface area contributed by atoms with Gasteiger partial charge in [0.2, 0.25) is 0 Å². The van der Waals surface area contributed by atoms with Gasteiger partial charge in [0.1, 0.15) is 0 Å². The first-order valence-electron chi connectivity index (χ1n) is 5.86. The molecule has 0 atom stereocenters. The Morgan fingerprint density at radius 1 is 1.30 bits per heavy atom. The largest absolute Gasteiger partial charge is 0.376 e. The van der Waals surface area contributed by atoms with E-state index in [0.717, 1.165) is 10.2 Å². The SMILES string of the molecule is CN(C)c1ccc(NC(=O)c2cncc(Br)c2)cc1Cl. The van der Waals surface area contributed by atoms with Crippen LogP contribution >= 0.6 is 27.5 Å². The molecule has 20 heavy (non-hydrogen) atoms. The second-order valence-corrected chi connectivity index (χ2v) is 5.73. The van der Waals surface area contributed by atoms with Gasteiger partial charge in [-0.05, 0) is 40.2 Å². The zero-order valence-corrected chi connectivity index (χ0v) is 13.4. The van der Waals surface area contributed by atoms with E-state index < -0.39 is 0 Å². The molecule has 0 unspecified atom stereocenters. The minimum absolute atomic E-state index is 0.229. The fraction of sp³-hybridized carbons (Fsp3) is 0.143. The Morgan fingerprint density at radius 3 is 2.65 bits per heavy atom. The smallest absolute Gasteiger partial charge is 0.257 e. The van der Waals surface area contributed by atoms with E-state index in [9.17, 15) is 4.79 Å². The van der Waals surface area contributed by atoms with Crippen molar-refractivity contribution in [3.05, 3.63) is 51.7 Å². The molecule has 2 rings (SSSR count). The number of carbonyl (C=O) groups excluding carboxylic acids is 1. The van der Waals surface area contributed by atoms with Crippen molar-refractivity contribution < 1.29 is 4.79 Å². The van der Waals surface area contributed by atoms with Gasteiger partial charge in [0.25, 0.3) is 5.91 Å². The third kappa shape index (κ3) is 3.49. The molecule has 0 bridgehead atoms. The number of nitrogens with zero attached hydrogens (tertiary/aromatic N) is 2. The zero-order valence-electron chi connectivity index (χ0n) is 11.0. The van der Waals surface area contributed by atoms with Gasteiger partial charge in [-0.25, -0.2) is 0 Å². The number of nitrogens with one attached hydrogen (secondary N) is 1. The molecule has 0 saturated heterocycles. The highest BCUT2D eigenvalue weighted by Gasteiger charge is 2.09. The Hall–Kier alpha value is -1.59. The first-order chi connectivity index (χ1) is 9.47. The van der Waals surface area contributed by atoms with Crippen molar-refractivity contribution in [2.75, 3.05) is 24.3 Å². The van der Waals surface area contributed by atoms with Crippen LogP contribution in [0.5, 0.6) is 0 Å². The Labute approximate surface area is 130 Å². The first-order valence-corrected chi connectivity index (χ1v) is 7.03. The molecule has 0 fully saturated rings. The Kier molecular flexibility index (Phi) is 4.62. The van der Waals surface area contributed by atoms with Crippen molar-refractivity contribution in [2.45, 2.75) is 0 Å². The van der Waals surface area contributed by atoms with E-state index in [1.54, 1.807) is 18.3 Å². The molecule has 0 saturated carbocycles. The van der Waals surface area contributed by atoms with Crippen LogP contribution in [0.4, 0.5) is 11.4 Å². The summed E-state index contributed by atoms with van der Waals surface area (Å²) in [7, 11) is 3.82. The molecule has 4 nitrogen and oxygen atoms in total. The van der Waals surface area contributed by atoms with Crippen LogP contribution in [0.2, 0.25) is 5.02 Å². The summed E-state index contributed by atoms with van der Waals surface area (Å²) in [5, 5.41) is 3.37. The maximum absolute atomic E-state index is 12.1. The highest BCUT2D eigenvalue weighted by Crippen LogP contribution is 2.27. The molecule has 1 N–H and O–H groups in total. The van der Waals surface area contributed by atoms with Gasteiger partial charge in [-0.15, -0.1) is 0 Å². The van der Waals surface area contributed by atoms with Gasteiger partial charge >= 0.3 is 0 Å². The number of aromatic nitrogens is 1. The van der Waals surface area contributed by atoms with Crippen LogP contribution < -0.4 is 10.2 Å². The van der Waals surface area contributed by atoms with Crippen molar-refractivity contribution in [2.24, 2.45) is 0 Å². The number of hydrogen-bond acceptors (Lipinski definition) is 3. The second-order valence-electron chi connectivity index (χ2n) is 4.41. The summed E-state index contributed by atoms with van der Waals surface area (Å²) in [4.78, 5) is 17.9. The molecule has 1 heterocycles. The number of amides is 1. The number of anilines is 2. The lowest BCUT2D eigenvalue weighted by molar-refractivity contribution is 0.102. The topological polar surface area (TPSA) is 45.2 Å². The molecule has 0 aliphatic rings. The van der Waals surface area contributed by atoms with E-state index in [4.69, 9.17) is 11.6 Å². The lowest BCUT2D eigenvalue weighted by atomic mass is 10.2. The Bertz CT molecular complexity index is 646. The molecule has 1 amide bonds. The minimum Gasteiger partial charge on any atom is -0.376 e. The normalized spacial score (nSPS) is 10.2. The average molecular weight is 355 g/mol. The van der Waals surface area contributed by atoms with Gasteiger partial charge in [-0.3, -0.25) is 9.78 Å². The molecule has 104 valence electrons. The number of halogens is 2. The lowest BCUT2D eigenvalue weighted by Gasteiger charge is -2.15. The zero-order chi connectivity index (χ0) is 14.7. The molecular weight excluding hydrogens is 342 g/mol. The van der Waals surface area contributed by atoms with Crippen LogP contribution in [0.3, 0.4) is 0 Å². The van der Waals surface area contributed by atoms with Crippen LogP contribution in [0, 0.1) is 0 Å². The standard InChI is InChI=1S/C14H13BrClN3O/c1-19(2)13-4-3-11(6-12(13)16)18-14(20)9-5-10(15)8-17-7-9/h3-8H,1-2H3,(H,18,20). The van der Waals surface area contributed by atoms with Crippen LogP contribution in [0.15, 0.2) is 41.1 Å². The van der Waals surface area contributed by atoms with Crippen LogP contribution in [0.25, 0.3) is 0 Å². The van der Waals surface area contributed by atoms with Crippen molar-refractivity contribution >= 4 is 44.8 Å². The maximum Gasteiger partial charge on any atom is 0.257 e. The molecule has 0 aliphatic carbocycles. The van der Waals surface area contributed by atoms with Gasteiger partial charge in [0.15, 0.2) is 0 Å². The molecule has 6 heteroatoms. The number of rotatable bonds is 3. The molecule has 0 spiro atoms. The summed E-state index contributed by atoms with van der Waals surface area (Å²) < 4.78 is 0.756. The number of pyridine rings is 1. The molecule has 1 aromatic carbocycles. The van der Waals surface area contributed by atoms with Crippen LogP contribution in [0.1, 0.15) is 10.4 Å². The van der Waals surface area contributed by atoms with Gasteiger partial charge in [0.05, 0.1) is 16.3 Å². The van der Waals surface area contributed by atoms with Crippen LogP contribution in [-0.4, -0.2) is 25.0 Å². The molecule has 0 aliphatic heterocycles. The van der Waals surface area contributed by atoms with E-state index in [0.29, 0.717) is 16.3 Å². The summed E-state index contributed by atoms with van der Waals surface area (Å²) in [6, 6.07) is 7.10. The molecule has 0 radical (unpaired) electrons. The fourth-order valence-electron chi connectivity index (χ4n) is 1.69. The fourth-order valence-corrected chi connectivity index (χ4v) is 2.40. The molecule has 1 aromatic heterocycles. The van der Waals surface area contributed by atoms with Crippen molar-refractivity contribution in [3.63, 3.8) is 0 Å². The summed E-state index contributed by atoms with van der Waals surface area (Å²) >= 11 is 9.45. The quantitative estimate of drug-likeness (QED) is 0.911. The summed E-state index contributed by atoms with van der Waals surface area (Å²) in [5.74, 6) is -0.229. The average Bonchev–Trinajstić information content (AvgIpc) is 2.38. The van der Waals surface area contributed by atoms with Gasteiger partial charge in [-0.2, -0.15) is 0 Å². The Morgan fingerprint density at radius 2 is 2.05 bits per heavy atom. The summed E-state index contributed by atoms with van der Waals surface area (Å²) in [6.45, 7) is 0. The van der Waals surface area contributed by atoms with Gasteiger partial charge < -0.3 is 10.2 Å². The number of hydrogen-bond donors (Lipinski definition) is 1. The third-order valence-corrected chi connectivity index (χ3v) is 3.39. The highest BCUT2D eigenvalue weighted by atomic mass is 79.9. The summed E-state index contributed by atoms with van der Waals surface area (Å²) in [6.07, 6.45) is 3.13. The van der Waals surface area contributed by atoms with Gasteiger partial charge in [0, 0.05) is 36.6 Å². The monoisotopic (exact) mass is 353 g/mol. The van der Waals surface area contributed by atoms with Gasteiger partial charge in [-0.1, -0.05) is 11.6 Å². The number of benzene rings is 1. The van der Waals surface area contributed by atoms with E-state index in [-0.39, 0.29) is 5.91 Å². The predicted octanol–water partition coefficient (Wildman–Crippen LogP) is 3.82. The maximum atomic E-state index is 12.1. The van der Waals surface area contributed by atoms with E-state index in [1.807, 2.05) is 31.1 Å². The minimum atomic E-state index is -0.229. The highest BCUT2D eigenvalue weighted by molar-refractivity contribution is 9.10.